The normalized spacial score (nSPS) is 15.0. The first-order valence-electron chi connectivity index (χ1n) is 18.9. The maximum absolute atomic E-state index is 13.3. The van der Waals surface area contributed by atoms with Crippen molar-refractivity contribution >= 4 is 57.9 Å². The van der Waals surface area contributed by atoms with Crippen molar-refractivity contribution in [1.29, 1.82) is 0 Å². The quantitative estimate of drug-likeness (QED) is 0.103. The Kier molecular flexibility index (Phi) is 13.2. The van der Waals surface area contributed by atoms with Gasteiger partial charge in [-0.1, -0.05) is 0 Å². The van der Waals surface area contributed by atoms with Gasteiger partial charge in [-0.3, -0.25) is 39.0 Å². The van der Waals surface area contributed by atoms with Gasteiger partial charge < -0.3 is 38.8 Å². The van der Waals surface area contributed by atoms with Crippen LogP contribution < -0.4 is 30.6 Å². The molecule has 1 unspecified atom stereocenters. The van der Waals surface area contributed by atoms with Gasteiger partial charge in [-0.05, 0) is 62.5 Å². The van der Waals surface area contributed by atoms with Crippen LogP contribution in [0.5, 0.6) is 11.5 Å². The summed E-state index contributed by atoms with van der Waals surface area (Å²) in [5.41, 5.74) is 2.56. The number of aromatic nitrogens is 2. The van der Waals surface area contributed by atoms with Gasteiger partial charge in [0.15, 0.2) is 0 Å². The van der Waals surface area contributed by atoms with Crippen molar-refractivity contribution in [3.63, 3.8) is 0 Å². The second-order valence-corrected chi connectivity index (χ2v) is 14.3. The molecule has 316 valence electrons. The Morgan fingerprint density at radius 2 is 1.58 bits per heavy atom. The lowest BCUT2D eigenvalue weighted by Gasteiger charge is -2.27. The minimum absolute atomic E-state index is 0.0291. The maximum atomic E-state index is 13.3. The zero-order valence-electron chi connectivity index (χ0n) is 33.7. The lowest BCUT2D eigenvalue weighted by atomic mass is 9.99. The van der Waals surface area contributed by atoms with Gasteiger partial charge in [0.05, 0.1) is 69.1 Å². The Morgan fingerprint density at radius 1 is 0.900 bits per heavy atom. The fourth-order valence-electron chi connectivity index (χ4n) is 7.09. The number of fused-ring (bicyclic) bond motifs is 2. The maximum Gasteiger partial charge on any atom is 0.420 e. The summed E-state index contributed by atoms with van der Waals surface area (Å²) < 4.78 is 23.8. The van der Waals surface area contributed by atoms with E-state index < -0.39 is 47.2 Å². The second-order valence-electron chi connectivity index (χ2n) is 14.3. The number of rotatable bonds is 17. The fourth-order valence-corrected chi connectivity index (χ4v) is 7.09. The highest BCUT2D eigenvalue weighted by molar-refractivity contribution is 6.23. The topological polar surface area (TPSA) is 228 Å². The number of carboxylic acid groups (broad SMARTS) is 1. The van der Waals surface area contributed by atoms with E-state index >= 15 is 0 Å². The van der Waals surface area contributed by atoms with Crippen LogP contribution >= 0.6 is 0 Å². The van der Waals surface area contributed by atoms with E-state index in [0.29, 0.717) is 51.7 Å². The van der Waals surface area contributed by atoms with Crippen LogP contribution in [0.25, 0.3) is 21.9 Å². The van der Waals surface area contributed by atoms with Crippen molar-refractivity contribution in [1.82, 2.24) is 24.7 Å². The number of carbonyl (C=O) groups excluding carboxylic acids is 5. The van der Waals surface area contributed by atoms with Crippen molar-refractivity contribution in [2.45, 2.75) is 31.8 Å². The number of methoxy groups -OCH3 is 2. The van der Waals surface area contributed by atoms with Crippen LogP contribution in [0.15, 0.2) is 53.6 Å². The average molecular weight is 828 g/mol. The molecule has 1 atom stereocenters. The SMILES string of the molecule is COc1cc(-c2cn(C)c(=O)c3cc(N(C(=O)O)C(=O)CCOCCOCCNc4ccc5c(c4)C(=O)N(C4CCC(=O)NC4=O)C5=O)ncc23)cc(OC)c1CN(C)C. The number of aryl methyl sites for hydroxylation is 1. The number of nitrogens with one attached hydrogen (secondary N) is 2. The van der Waals surface area contributed by atoms with Gasteiger partial charge >= 0.3 is 6.09 Å². The number of pyridine rings is 2. The summed E-state index contributed by atoms with van der Waals surface area (Å²) in [4.78, 5) is 96.3. The Bertz CT molecular complexity index is 2410. The average Bonchev–Trinajstić information content (AvgIpc) is 3.46. The number of hydrogen-bond acceptors (Lipinski definition) is 14. The monoisotopic (exact) mass is 827 g/mol. The number of amides is 6. The van der Waals surface area contributed by atoms with Gasteiger partial charge in [0.2, 0.25) is 17.7 Å². The van der Waals surface area contributed by atoms with Crippen LogP contribution in [0, 0.1) is 0 Å². The number of carbonyl (C=O) groups is 6. The molecule has 1 fully saturated rings. The third-order valence-electron chi connectivity index (χ3n) is 9.96. The van der Waals surface area contributed by atoms with Crippen LogP contribution in [0.4, 0.5) is 16.3 Å². The molecule has 1 saturated heterocycles. The predicted molar refractivity (Wildman–Crippen MR) is 216 cm³/mol. The molecular formula is C41H45N7O12. The van der Waals surface area contributed by atoms with Crippen LogP contribution in [0.3, 0.4) is 0 Å². The highest BCUT2D eigenvalue weighted by atomic mass is 16.5. The minimum atomic E-state index is -1.58. The number of benzene rings is 2. The summed E-state index contributed by atoms with van der Waals surface area (Å²) in [6.07, 6.45) is 1.23. The summed E-state index contributed by atoms with van der Waals surface area (Å²) in [5.74, 6) is -2.24. The molecule has 4 aromatic rings. The summed E-state index contributed by atoms with van der Waals surface area (Å²) in [6.45, 7) is 1.26. The molecule has 6 rings (SSSR count). The van der Waals surface area contributed by atoms with Gasteiger partial charge in [0.25, 0.3) is 17.4 Å². The summed E-state index contributed by atoms with van der Waals surface area (Å²) in [5, 5.41) is 15.9. The number of piperidine rings is 1. The molecule has 19 heteroatoms. The van der Waals surface area contributed by atoms with Crippen LogP contribution in [-0.4, -0.2) is 127 Å². The third-order valence-corrected chi connectivity index (χ3v) is 9.96. The van der Waals surface area contributed by atoms with Crippen LogP contribution in [0.2, 0.25) is 0 Å². The van der Waals surface area contributed by atoms with E-state index in [1.54, 1.807) is 33.5 Å². The first-order valence-corrected chi connectivity index (χ1v) is 18.9. The standard InChI is InChI=1S/C41H45N7O12/c1-45(2)21-30-32(57-4)16-23(17-33(30)58-5)29-22-46(3)38(52)27-19-34(43-20-28(27)29)48(41(55)56)36(50)10-12-59-14-15-60-13-11-42-24-6-7-25-26(18-24)40(54)47(39(25)53)31-8-9-35(49)44-37(31)51/h6-7,16-20,22,31,42H,8-15,21H2,1-5H3,(H,55,56)(H,44,49,51). The fraction of sp³-hybridized carbons (Fsp3) is 0.366. The second kappa shape index (κ2) is 18.5. The summed E-state index contributed by atoms with van der Waals surface area (Å²) in [7, 11) is 8.53. The van der Waals surface area contributed by atoms with E-state index in [-0.39, 0.29) is 68.0 Å². The molecule has 3 N–H and O–H groups in total. The van der Waals surface area contributed by atoms with E-state index in [4.69, 9.17) is 18.9 Å². The number of anilines is 2. The lowest BCUT2D eigenvalue weighted by molar-refractivity contribution is -0.136. The first-order chi connectivity index (χ1) is 28.7. The smallest absolute Gasteiger partial charge is 0.420 e. The molecule has 0 spiro atoms. The molecule has 0 aliphatic carbocycles. The van der Waals surface area contributed by atoms with E-state index in [0.717, 1.165) is 10.5 Å². The van der Waals surface area contributed by atoms with Crippen molar-refractivity contribution in [2.75, 3.05) is 71.5 Å². The molecule has 2 aliphatic heterocycles. The molecule has 2 aliphatic rings. The molecule has 0 radical (unpaired) electrons. The number of nitrogens with zero attached hydrogens (tertiary/aromatic N) is 5. The highest BCUT2D eigenvalue weighted by Crippen LogP contribution is 2.38. The molecule has 4 heterocycles. The molecule has 2 aromatic heterocycles. The van der Waals surface area contributed by atoms with E-state index in [1.807, 2.05) is 31.1 Å². The zero-order valence-corrected chi connectivity index (χ0v) is 33.7. The number of hydrogen-bond donors (Lipinski definition) is 3. The van der Waals surface area contributed by atoms with Crippen molar-refractivity contribution in [3.05, 3.63) is 75.8 Å². The summed E-state index contributed by atoms with van der Waals surface area (Å²) in [6, 6.07) is 8.54. The van der Waals surface area contributed by atoms with E-state index in [2.05, 4.69) is 15.6 Å². The van der Waals surface area contributed by atoms with Crippen molar-refractivity contribution < 1.29 is 52.8 Å². The predicted octanol–water partition coefficient (Wildman–Crippen LogP) is 2.63. The zero-order chi connectivity index (χ0) is 43.2. The van der Waals surface area contributed by atoms with Crippen molar-refractivity contribution in [2.24, 2.45) is 7.05 Å². The third kappa shape index (κ3) is 8.97. The minimum Gasteiger partial charge on any atom is -0.496 e. The highest BCUT2D eigenvalue weighted by Gasteiger charge is 2.44. The molecule has 2 aromatic carbocycles. The number of imide groups is 3. The Morgan fingerprint density at radius 3 is 2.23 bits per heavy atom. The largest absolute Gasteiger partial charge is 0.496 e. The Balaban J connectivity index is 1.00. The molecule has 0 bridgehead atoms. The molecule has 0 saturated carbocycles. The molecule has 60 heavy (non-hydrogen) atoms. The van der Waals surface area contributed by atoms with Gasteiger partial charge in [0, 0.05) is 55.6 Å². The molecule has 6 amide bonds. The lowest BCUT2D eigenvalue weighted by Crippen LogP contribution is -2.54. The van der Waals surface area contributed by atoms with Crippen molar-refractivity contribution in [3.8, 4) is 22.6 Å². The first kappa shape index (κ1) is 42.9. The van der Waals surface area contributed by atoms with Gasteiger partial charge in [-0.25, -0.2) is 9.78 Å². The summed E-state index contributed by atoms with van der Waals surface area (Å²) >= 11 is 0. The van der Waals surface area contributed by atoms with E-state index in [9.17, 15) is 38.7 Å². The van der Waals surface area contributed by atoms with Gasteiger partial charge in [-0.2, -0.15) is 4.90 Å². The van der Waals surface area contributed by atoms with Crippen LogP contribution in [0.1, 0.15) is 45.5 Å². The molecule has 19 nitrogen and oxygen atoms in total. The molecular weight excluding hydrogens is 782 g/mol. The van der Waals surface area contributed by atoms with Gasteiger partial charge in [0.1, 0.15) is 23.4 Å². The number of ether oxygens (including phenoxy) is 4. The van der Waals surface area contributed by atoms with Gasteiger partial charge in [-0.15, -0.1) is 0 Å². The Labute approximate surface area is 343 Å². The van der Waals surface area contributed by atoms with E-state index in [1.165, 1.54) is 29.0 Å². The van der Waals surface area contributed by atoms with Crippen LogP contribution in [-0.2, 0) is 37.4 Å². The Hall–Kier alpha value is -6.70.